The Kier molecular flexibility index (Phi) is 4.14. The van der Waals surface area contributed by atoms with Gasteiger partial charge in [-0.05, 0) is 13.3 Å². The minimum Gasteiger partial charge on any atom is -0.396 e. The Morgan fingerprint density at radius 2 is 2.50 bits per heavy atom. The first kappa shape index (κ1) is 11.2. The van der Waals surface area contributed by atoms with E-state index in [-0.39, 0.29) is 17.8 Å². The van der Waals surface area contributed by atoms with Crippen LogP contribution in [-0.2, 0) is 0 Å². The summed E-state index contributed by atoms with van der Waals surface area (Å²) in [5.74, 6) is 0. The van der Waals surface area contributed by atoms with E-state index in [0.717, 1.165) is 0 Å². The summed E-state index contributed by atoms with van der Waals surface area (Å²) in [6, 6.07) is 2.07. The maximum Gasteiger partial charge on any atom is 0.185 e. The van der Waals surface area contributed by atoms with Gasteiger partial charge in [-0.3, -0.25) is 0 Å². The van der Waals surface area contributed by atoms with Crippen molar-refractivity contribution in [3.63, 3.8) is 0 Å². The highest BCUT2D eigenvalue weighted by Crippen LogP contribution is 2.26. The van der Waals surface area contributed by atoms with Gasteiger partial charge >= 0.3 is 0 Å². The van der Waals surface area contributed by atoms with E-state index >= 15 is 0 Å². The number of nitrogens with zero attached hydrogens (tertiary/aromatic N) is 2. The zero-order valence-electron chi connectivity index (χ0n) is 7.62. The lowest BCUT2D eigenvalue weighted by atomic mass is 10.2. The molecule has 0 aliphatic carbocycles. The van der Waals surface area contributed by atoms with Gasteiger partial charge in [0.05, 0.1) is 0 Å². The Hall–Kier alpha value is -0.830. The number of hydrogen-bond acceptors (Lipinski definition) is 5. The van der Waals surface area contributed by atoms with Crippen LogP contribution in [0.2, 0.25) is 5.15 Å². The third kappa shape index (κ3) is 2.84. The van der Waals surface area contributed by atoms with Gasteiger partial charge in [0.2, 0.25) is 0 Å². The van der Waals surface area contributed by atoms with Crippen molar-refractivity contribution in [2.24, 2.45) is 0 Å². The minimum atomic E-state index is 0.119. The van der Waals surface area contributed by atoms with Gasteiger partial charge in [0.25, 0.3) is 0 Å². The largest absolute Gasteiger partial charge is 0.396 e. The topological polar surface area (TPSA) is 68.9 Å². The maximum atomic E-state index is 8.69. The van der Waals surface area contributed by atoms with Crippen molar-refractivity contribution in [1.29, 1.82) is 5.26 Å². The van der Waals surface area contributed by atoms with Crippen molar-refractivity contribution < 1.29 is 5.11 Å². The Morgan fingerprint density at radius 1 is 1.79 bits per heavy atom. The monoisotopic (exact) mass is 231 g/mol. The molecule has 0 amide bonds. The normalized spacial score (nSPS) is 12.1. The van der Waals surface area contributed by atoms with Crippen LogP contribution in [0.25, 0.3) is 0 Å². The van der Waals surface area contributed by atoms with Crippen LogP contribution >= 0.6 is 22.9 Å². The molecule has 76 valence electrons. The van der Waals surface area contributed by atoms with Crippen molar-refractivity contribution in [2.75, 3.05) is 11.9 Å². The van der Waals surface area contributed by atoms with Crippen molar-refractivity contribution in [2.45, 2.75) is 19.4 Å². The summed E-state index contributed by atoms with van der Waals surface area (Å²) in [5.41, 5.74) is 0. The molecular formula is C8H10ClN3OS. The molecule has 4 nitrogen and oxygen atoms in total. The SMILES string of the molecule is CC(CCO)Nc1nc(Cl)c(C#N)s1. The third-order valence-corrected chi connectivity index (χ3v) is 2.90. The van der Waals surface area contributed by atoms with Crippen molar-refractivity contribution in [3.8, 4) is 6.07 Å². The zero-order chi connectivity index (χ0) is 10.6. The number of rotatable bonds is 4. The van der Waals surface area contributed by atoms with Gasteiger partial charge in [-0.1, -0.05) is 22.9 Å². The number of anilines is 1. The van der Waals surface area contributed by atoms with Crippen LogP contribution < -0.4 is 5.32 Å². The highest BCUT2D eigenvalue weighted by atomic mass is 35.5. The zero-order valence-corrected chi connectivity index (χ0v) is 9.19. The molecule has 0 saturated heterocycles. The number of nitrogens with one attached hydrogen (secondary N) is 1. The van der Waals surface area contributed by atoms with Gasteiger partial charge in [-0.2, -0.15) is 5.26 Å². The molecule has 0 saturated carbocycles. The summed E-state index contributed by atoms with van der Waals surface area (Å²) >= 11 is 6.91. The molecule has 0 aliphatic rings. The molecular weight excluding hydrogens is 222 g/mol. The summed E-state index contributed by atoms with van der Waals surface area (Å²) in [5, 5.41) is 21.2. The van der Waals surface area contributed by atoms with E-state index in [9.17, 15) is 0 Å². The number of thiazole rings is 1. The van der Waals surface area contributed by atoms with E-state index in [1.165, 1.54) is 11.3 Å². The molecule has 1 rings (SSSR count). The van der Waals surface area contributed by atoms with Crippen molar-refractivity contribution in [1.82, 2.24) is 4.98 Å². The van der Waals surface area contributed by atoms with E-state index in [4.69, 9.17) is 22.0 Å². The maximum absolute atomic E-state index is 8.69. The predicted octanol–water partition coefficient (Wildman–Crippen LogP) is 1.85. The second kappa shape index (κ2) is 5.15. The Bertz CT molecular complexity index is 347. The molecule has 0 radical (unpaired) electrons. The van der Waals surface area contributed by atoms with E-state index in [2.05, 4.69) is 10.3 Å². The highest BCUT2D eigenvalue weighted by molar-refractivity contribution is 7.16. The summed E-state index contributed by atoms with van der Waals surface area (Å²) in [4.78, 5) is 4.38. The first-order chi connectivity index (χ1) is 6.67. The molecule has 1 heterocycles. The molecule has 1 unspecified atom stereocenters. The molecule has 6 heteroatoms. The quantitative estimate of drug-likeness (QED) is 0.830. The summed E-state index contributed by atoms with van der Waals surface area (Å²) in [7, 11) is 0. The van der Waals surface area contributed by atoms with Gasteiger partial charge in [-0.25, -0.2) is 4.98 Å². The van der Waals surface area contributed by atoms with Crippen molar-refractivity contribution >= 4 is 28.1 Å². The van der Waals surface area contributed by atoms with Crippen LogP contribution in [0.5, 0.6) is 0 Å². The Balaban J connectivity index is 2.64. The molecule has 0 aromatic carbocycles. The fourth-order valence-corrected chi connectivity index (χ4v) is 1.97. The van der Waals surface area contributed by atoms with Crippen LogP contribution in [-0.4, -0.2) is 22.7 Å². The summed E-state index contributed by atoms with van der Waals surface area (Å²) in [6.45, 7) is 2.05. The van der Waals surface area contributed by atoms with Crippen LogP contribution in [0.4, 0.5) is 5.13 Å². The lowest BCUT2D eigenvalue weighted by molar-refractivity contribution is 0.282. The number of hydrogen-bond donors (Lipinski definition) is 2. The lowest BCUT2D eigenvalue weighted by Gasteiger charge is -2.09. The van der Waals surface area contributed by atoms with Crippen LogP contribution in [0.3, 0.4) is 0 Å². The van der Waals surface area contributed by atoms with E-state index in [0.29, 0.717) is 16.4 Å². The molecule has 0 fully saturated rings. The Morgan fingerprint density at radius 3 is 3.00 bits per heavy atom. The molecule has 0 bridgehead atoms. The molecule has 14 heavy (non-hydrogen) atoms. The Labute approximate surface area is 91.2 Å². The van der Waals surface area contributed by atoms with Gasteiger partial charge < -0.3 is 10.4 Å². The number of aromatic nitrogens is 1. The van der Waals surface area contributed by atoms with Crippen molar-refractivity contribution in [3.05, 3.63) is 10.0 Å². The van der Waals surface area contributed by atoms with Gasteiger partial charge in [0.15, 0.2) is 10.3 Å². The first-order valence-corrected chi connectivity index (χ1v) is 5.30. The molecule has 2 N–H and O–H groups in total. The fraction of sp³-hybridized carbons (Fsp3) is 0.500. The minimum absolute atomic E-state index is 0.119. The van der Waals surface area contributed by atoms with E-state index < -0.39 is 0 Å². The predicted molar refractivity (Wildman–Crippen MR) is 56.6 cm³/mol. The lowest BCUT2D eigenvalue weighted by Crippen LogP contribution is -2.16. The summed E-state index contributed by atoms with van der Waals surface area (Å²) < 4.78 is 0. The molecule has 1 aromatic rings. The van der Waals surface area contributed by atoms with E-state index in [1.807, 2.05) is 13.0 Å². The van der Waals surface area contributed by atoms with Gasteiger partial charge in [-0.15, -0.1) is 0 Å². The van der Waals surface area contributed by atoms with E-state index in [1.54, 1.807) is 0 Å². The number of aliphatic hydroxyl groups excluding tert-OH is 1. The fourth-order valence-electron chi connectivity index (χ4n) is 0.909. The molecule has 1 atom stereocenters. The van der Waals surface area contributed by atoms with Gasteiger partial charge in [0.1, 0.15) is 10.9 Å². The molecule has 1 aromatic heterocycles. The average Bonchev–Trinajstić information content (AvgIpc) is 2.46. The average molecular weight is 232 g/mol. The van der Waals surface area contributed by atoms with Gasteiger partial charge in [0, 0.05) is 12.6 Å². The molecule has 0 aliphatic heterocycles. The van der Waals surface area contributed by atoms with Crippen LogP contribution in [0, 0.1) is 11.3 Å². The summed E-state index contributed by atoms with van der Waals surface area (Å²) in [6.07, 6.45) is 0.638. The smallest absolute Gasteiger partial charge is 0.185 e. The number of nitriles is 1. The number of aliphatic hydroxyl groups is 1. The van der Waals surface area contributed by atoms with Crippen LogP contribution in [0.1, 0.15) is 18.2 Å². The second-order valence-electron chi connectivity index (χ2n) is 2.81. The molecule has 0 spiro atoms. The number of halogens is 1. The highest BCUT2D eigenvalue weighted by Gasteiger charge is 2.10. The second-order valence-corrected chi connectivity index (χ2v) is 4.17. The van der Waals surface area contributed by atoms with Crippen LogP contribution in [0.15, 0.2) is 0 Å². The first-order valence-electron chi connectivity index (χ1n) is 4.11. The standard InChI is InChI=1S/C8H10ClN3OS/c1-5(2-3-13)11-8-12-7(9)6(4-10)14-8/h5,13H,2-3H2,1H3,(H,11,12). The third-order valence-electron chi connectivity index (χ3n) is 1.62.